The molecule has 1 aliphatic rings. The van der Waals surface area contributed by atoms with Crippen molar-refractivity contribution in [1.29, 1.82) is 0 Å². The van der Waals surface area contributed by atoms with Crippen molar-refractivity contribution >= 4 is 0 Å². The molecule has 0 aliphatic heterocycles. The van der Waals surface area contributed by atoms with Crippen LogP contribution in [0.4, 0.5) is 0 Å². The summed E-state index contributed by atoms with van der Waals surface area (Å²) in [6.07, 6.45) is 6.69. The van der Waals surface area contributed by atoms with E-state index >= 15 is 0 Å². The van der Waals surface area contributed by atoms with E-state index in [1.807, 2.05) is 0 Å². The normalized spacial score (nSPS) is 22.3. The lowest BCUT2D eigenvalue weighted by atomic mass is 9.98. The Kier molecular flexibility index (Phi) is 3.01. The van der Waals surface area contributed by atoms with Gasteiger partial charge in [0.05, 0.1) is 13.2 Å². The fraction of sp³-hybridized carbons (Fsp3) is 1.00. The molecule has 0 radical (unpaired) electrons. The summed E-state index contributed by atoms with van der Waals surface area (Å²) in [5.74, 6) is 0. The molecule has 0 saturated heterocycles. The first-order valence-corrected chi connectivity index (χ1v) is 3.63. The molecule has 0 bridgehead atoms. The highest BCUT2D eigenvalue weighted by Gasteiger charge is 2.13. The third-order valence-corrected chi connectivity index (χ3v) is 1.78. The zero-order valence-electron chi connectivity index (χ0n) is 5.93. The Labute approximate surface area is 56.1 Å². The van der Waals surface area contributed by atoms with Crippen LogP contribution >= 0.6 is 0 Å². The molecular formula is C7H14O2. The number of hydrogen-bond acceptors (Lipinski definition) is 2. The Balaban J connectivity index is 2.08. The summed E-state index contributed by atoms with van der Waals surface area (Å²) < 4.78 is 0. The molecule has 0 spiro atoms. The fourth-order valence-corrected chi connectivity index (χ4v) is 1.30. The topological polar surface area (TPSA) is 18.5 Å². The third-order valence-electron chi connectivity index (χ3n) is 1.78. The second-order valence-corrected chi connectivity index (χ2v) is 2.52. The van der Waals surface area contributed by atoms with Gasteiger partial charge >= 0.3 is 0 Å². The van der Waals surface area contributed by atoms with Gasteiger partial charge in [0.1, 0.15) is 0 Å². The molecule has 1 fully saturated rings. The maximum atomic E-state index is 4.98. The molecule has 0 unspecified atom stereocenters. The second kappa shape index (κ2) is 3.85. The molecule has 2 nitrogen and oxygen atoms in total. The lowest BCUT2D eigenvalue weighted by molar-refractivity contribution is -0.309. The molecular weight excluding hydrogens is 116 g/mol. The van der Waals surface area contributed by atoms with Gasteiger partial charge in [-0.15, -0.1) is 0 Å². The van der Waals surface area contributed by atoms with Crippen LogP contribution < -0.4 is 0 Å². The van der Waals surface area contributed by atoms with Crippen LogP contribution in [-0.4, -0.2) is 13.2 Å². The minimum Gasteiger partial charge on any atom is -0.240 e. The van der Waals surface area contributed by atoms with E-state index in [0.29, 0.717) is 6.10 Å². The van der Waals surface area contributed by atoms with Gasteiger partial charge < -0.3 is 0 Å². The second-order valence-electron chi connectivity index (χ2n) is 2.52. The van der Waals surface area contributed by atoms with E-state index in [-0.39, 0.29) is 0 Å². The standard InChI is InChI=1S/C7H14O2/c1-8-9-7-5-3-2-4-6-7/h7H,2-6H2,1H3. The summed E-state index contributed by atoms with van der Waals surface area (Å²) in [5, 5.41) is 0. The van der Waals surface area contributed by atoms with Crippen LogP contribution in [0.25, 0.3) is 0 Å². The highest BCUT2D eigenvalue weighted by atomic mass is 17.2. The van der Waals surface area contributed by atoms with Gasteiger partial charge in [0, 0.05) is 0 Å². The smallest absolute Gasteiger partial charge is 0.0929 e. The average molecular weight is 130 g/mol. The minimum absolute atomic E-state index is 0.378. The van der Waals surface area contributed by atoms with Crippen LogP contribution in [-0.2, 0) is 9.78 Å². The maximum Gasteiger partial charge on any atom is 0.0929 e. The largest absolute Gasteiger partial charge is 0.240 e. The van der Waals surface area contributed by atoms with E-state index in [2.05, 4.69) is 4.89 Å². The highest BCUT2D eigenvalue weighted by molar-refractivity contribution is 4.63. The lowest BCUT2D eigenvalue weighted by Crippen LogP contribution is -2.15. The van der Waals surface area contributed by atoms with Crippen LogP contribution in [0.15, 0.2) is 0 Å². The van der Waals surface area contributed by atoms with Crippen molar-refractivity contribution < 1.29 is 9.78 Å². The monoisotopic (exact) mass is 130 g/mol. The van der Waals surface area contributed by atoms with Gasteiger partial charge in [-0.1, -0.05) is 19.3 Å². The van der Waals surface area contributed by atoms with Gasteiger partial charge in [0.15, 0.2) is 0 Å². The average Bonchev–Trinajstić information content (AvgIpc) is 1.91. The summed E-state index contributed by atoms with van der Waals surface area (Å²) in [5.41, 5.74) is 0. The molecule has 1 saturated carbocycles. The Hall–Kier alpha value is -0.0800. The van der Waals surface area contributed by atoms with E-state index in [1.165, 1.54) is 32.1 Å². The summed E-state index contributed by atoms with van der Waals surface area (Å²) >= 11 is 0. The molecule has 1 rings (SSSR count). The summed E-state index contributed by atoms with van der Waals surface area (Å²) in [4.78, 5) is 9.56. The van der Waals surface area contributed by atoms with Gasteiger partial charge in [-0.05, 0) is 12.8 Å². The van der Waals surface area contributed by atoms with E-state index in [4.69, 9.17) is 4.89 Å². The SMILES string of the molecule is COOC1CCCCC1. The fourth-order valence-electron chi connectivity index (χ4n) is 1.30. The number of rotatable bonds is 2. The van der Waals surface area contributed by atoms with Crippen molar-refractivity contribution in [2.24, 2.45) is 0 Å². The first kappa shape index (κ1) is 7.03. The highest BCUT2D eigenvalue weighted by Crippen LogP contribution is 2.19. The quantitative estimate of drug-likeness (QED) is 0.420. The van der Waals surface area contributed by atoms with Crippen molar-refractivity contribution in [3.63, 3.8) is 0 Å². The molecule has 9 heavy (non-hydrogen) atoms. The van der Waals surface area contributed by atoms with Crippen molar-refractivity contribution in [2.75, 3.05) is 7.11 Å². The van der Waals surface area contributed by atoms with Crippen molar-refractivity contribution in [1.82, 2.24) is 0 Å². The zero-order chi connectivity index (χ0) is 6.53. The van der Waals surface area contributed by atoms with Crippen molar-refractivity contribution in [2.45, 2.75) is 38.2 Å². The molecule has 0 heterocycles. The van der Waals surface area contributed by atoms with Gasteiger partial charge in [0.25, 0.3) is 0 Å². The van der Waals surface area contributed by atoms with E-state index in [1.54, 1.807) is 7.11 Å². The third kappa shape index (κ3) is 2.33. The van der Waals surface area contributed by atoms with Gasteiger partial charge in [-0.2, -0.15) is 0 Å². The molecule has 54 valence electrons. The van der Waals surface area contributed by atoms with Crippen LogP contribution in [0.3, 0.4) is 0 Å². The van der Waals surface area contributed by atoms with Crippen LogP contribution in [0, 0.1) is 0 Å². The summed E-state index contributed by atoms with van der Waals surface area (Å²) in [6.45, 7) is 0. The minimum atomic E-state index is 0.378. The molecule has 0 amide bonds. The summed E-state index contributed by atoms with van der Waals surface area (Å²) in [7, 11) is 1.58. The Morgan fingerprint density at radius 2 is 1.78 bits per heavy atom. The van der Waals surface area contributed by atoms with E-state index in [0.717, 1.165) is 0 Å². The van der Waals surface area contributed by atoms with Crippen molar-refractivity contribution in [3.05, 3.63) is 0 Å². The molecule has 0 atom stereocenters. The van der Waals surface area contributed by atoms with Crippen LogP contribution in [0.5, 0.6) is 0 Å². The zero-order valence-corrected chi connectivity index (χ0v) is 5.93. The predicted octanol–water partition coefficient (Wildman–Crippen LogP) is 1.90. The Morgan fingerprint density at radius 3 is 2.33 bits per heavy atom. The first-order chi connectivity index (χ1) is 4.43. The van der Waals surface area contributed by atoms with Gasteiger partial charge in [0.2, 0.25) is 0 Å². The van der Waals surface area contributed by atoms with Crippen LogP contribution in [0.1, 0.15) is 32.1 Å². The molecule has 1 aliphatic carbocycles. The van der Waals surface area contributed by atoms with Gasteiger partial charge in [-0.25, -0.2) is 9.78 Å². The Morgan fingerprint density at radius 1 is 1.11 bits per heavy atom. The lowest BCUT2D eigenvalue weighted by Gasteiger charge is -2.19. The van der Waals surface area contributed by atoms with Crippen molar-refractivity contribution in [3.8, 4) is 0 Å². The molecule has 0 aromatic carbocycles. The Bertz CT molecular complexity index is 64.6. The number of hydrogen-bond donors (Lipinski definition) is 0. The summed E-state index contributed by atoms with van der Waals surface area (Å²) in [6, 6.07) is 0. The predicted molar refractivity (Wildman–Crippen MR) is 35.0 cm³/mol. The molecule has 0 aromatic heterocycles. The van der Waals surface area contributed by atoms with E-state index < -0.39 is 0 Å². The first-order valence-electron chi connectivity index (χ1n) is 3.63. The van der Waals surface area contributed by atoms with Crippen LogP contribution in [0.2, 0.25) is 0 Å². The van der Waals surface area contributed by atoms with E-state index in [9.17, 15) is 0 Å². The molecule has 0 N–H and O–H groups in total. The molecule has 0 aromatic rings. The molecule has 2 heteroatoms. The maximum absolute atomic E-state index is 4.98. The van der Waals surface area contributed by atoms with Gasteiger partial charge in [-0.3, -0.25) is 0 Å².